The van der Waals surface area contributed by atoms with Gasteiger partial charge in [-0.2, -0.15) is 9.97 Å². The van der Waals surface area contributed by atoms with Gasteiger partial charge < -0.3 is 24.4 Å². The van der Waals surface area contributed by atoms with Crippen LogP contribution in [0.4, 0.5) is 5.82 Å². The molecule has 2 atom stereocenters. The van der Waals surface area contributed by atoms with Gasteiger partial charge in [0.15, 0.2) is 17.0 Å². The molecule has 1 N–H and O–H groups in total. The molecule has 3 aliphatic rings. The van der Waals surface area contributed by atoms with Crippen molar-refractivity contribution in [2.45, 2.75) is 39.0 Å². The van der Waals surface area contributed by atoms with Gasteiger partial charge in [0.05, 0.1) is 29.7 Å². The van der Waals surface area contributed by atoms with Crippen molar-refractivity contribution in [3.63, 3.8) is 0 Å². The molecule has 7 rings (SSSR count). The predicted octanol–water partition coefficient (Wildman–Crippen LogP) is 2.55. The molecule has 1 aromatic carbocycles. The summed E-state index contributed by atoms with van der Waals surface area (Å²) in [7, 11) is 2.02. The summed E-state index contributed by atoms with van der Waals surface area (Å²) in [5.74, 6) is 3.25. The number of aryl methyl sites for hydroxylation is 2. The Hall–Kier alpha value is -3.57. The van der Waals surface area contributed by atoms with E-state index in [9.17, 15) is 4.79 Å². The van der Waals surface area contributed by atoms with Crippen molar-refractivity contribution in [3.8, 4) is 5.95 Å². The number of amides is 1. The SMILES string of the molecule is Cc1nc2ccccc2n1-c1nc(N2CCOCC2)c2nc(C(C)C3(C(=O)N4CCCC4)CCNC3)n(C)c2n1. The van der Waals surface area contributed by atoms with E-state index < -0.39 is 5.41 Å². The highest BCUT2D eigenvalue weighted by atomic mass is 16.5. The van der Waals surface area contributed by atoms with Gasteiger partial charge in [-0.15, -0.1) is 0 Å². The minimum absolute atomic E-state index is 0.0911. The van der Waals surface area contributed by atoms with Gasteiger partial charge in [0.2, 0.25) is 11.9 Å². The summed E-state index contributed by atoms with van der Waals surface area (Å²) in [6.07, 6.45) is 2.97. The summed E-state index contributed by atoms with van der Waals surface area (Å²) in [4.78, 5) is 38.5. The fourth-order valence-corrected chi connectivity index (χ4v) is 6.86. The first-order valence-electron chi connectivity index (χ1n) is 14.5. The van der Waals surface area contributed by atoms with Crippen LogP contribution in [0.2, 0.25) is 0 Å². The van der Waals surface area contributed by atoms with Gasteiger partial charge in [0.1, 0.15) is 11.6 Å². The van der Waals surface area contributed by atoms with Crippen LogP contribution in [0.3, 0.4) is 0 Å². The number of ether oxygens (including phenoxy) is 1. The topological polar surface area (TPSA) is 106 Å². The van der Waals surface area contributed by atoms with Gasteiger partial charge in [-0.25, -0.2) is 9.97 Å². The van der Waals surface area contributed by atoms with Crippen molar-refractivity contribution in [1.82, 2.24) is 39.3 Å². The van der Waals surface area contributed by atoms with Crippen molar-refractivity contribution in [3.05, 3.63) is 35.9 Å². The fraction of sp³-hybridized carbons (Fsp3) is 0.552. The Morgan fingerprint density at radius 3 is 2.58 bits per heavy atom. The van der Waals surface area contributed by atoms with Crippen LogP contribution in [0.1, 0.15) is 43.8 Å². The number of nitrogens with one attached hydrogen (secondary N) is 1. The van der Waals surface area contributed by atoms with E-state index in [2.05, 4.69) is 32.7 Å². The van der Waals surface area contributed by atoms with Crippen LogP contribution in [-0.4, -0.2) is 92.4 Å². The average Bonchev–Trinajstić information content (AvgIpc) is 3.79. The second-order valence-corrected chi connectivity index (χ2v) is 11.4. The highest BCUT2D eigenvalue weighted by molar-refractivity contribution is 5.87. The quantitative estimate of drug-likeness (QED) is 0.410. The Kier molecular flexibility index (Phi) is 6.23. The van der Waals surface area contributed by atoms with Crippen LogP contribution in [0, 0.1) is 12.3 Å². The van der Waals surface area contributed by atoms with Gasteiger partial charge in [-0.05, 0) is 44.9 Å². The van der Waals surface area contributed by atoms with E-state index in [4.69, 9.17) is 24.7 Å². The predicted molar refractivity (Wildman–Crippen MR) is 153 cm³/mol. The van der Waals surface area contributed by atoms with E-state index in [0.717, 1.165) is 91.7 Å². The molecule has 210 valence electrons. The third-order valence-corrected chi connectivity index (χ3v) is 9.19. The number of likely N-dealkylation sites (tertiary alicyclic amines) is 1. The molecule has 0 spiro atoms. The molecule has 2 unspecified atom stereocenters. The smallest absolute Gasteiger partial charge is 0.239 e. The molecule has 4 aromatic rings. The molecule has 40 heavy (non-hydrogen) atoms. The number of anilines is 1. The summed E-state index contributed by atoms with van der Waals surface area (Å²) in [6, 6.07) is 8.07. The van der Waals surface area contributed by atoms with Crippen LogP contribution in [0.15, 0.2) is 24.3 Å². The van der Waals surface area contributed by atoms with E-state index >= 15 is 0 Å². The fourth-order valence-electron chi connectivity index (χ4n) is 6.86. The molecule has 3 saturated heterocycles. The number of aromatic nitrogens is 6. The highest BCUT2D eigenvalue weighted by Crippen LogP contribution is 2.44. The first kappa shape index (κ1) is 25.4. The maximum atomic E-state index is 14.0. The van der Waals surface area contributed by atoms with Crippen LogP contribution >= 0.6 is 0 Å². The molecular weight excluding hydrogens is 506 g/mol. The van der Waals surface area contributed by atoms with Crippen LogP contribution in [0.5, 0.6) is 0 Å². The largest absolute Gasteiger partial charge is 0.378 e. The minimum atomic E-state index is -0.522. The van der Waals surface area contributed by atoms with Crippen molar-refractivity contribution in [1.29, 1.82) is 0 Å². The van der Waals surface area contributed by atoms with Crippen molar-refractivity contribution < 1.29 is 9.53 Å². The van der Waals surface area contributed by atoms with Crippen molar-refractivity contribution in [2.24, 2.45) is 12.5 Å². The number of hydrogen-bond acceptors (Lipinski definition) is 8. The molecule has 3 aromatic heterocycles. The number of benzene rings is 1. The Bertz CT molecular complexity index is 1570. The second kappa shape index (κ2) is 9.81. The third-order valence-electron chi connectivity index (χ3n) is 9.19. The molecule has 3 aliphatic heterocycles. The number of hydrogen-bond donors (Lipinski definition) is 1. The lowest BCUT2D eigenvalue weighted by Crippen LogP contribution is -2.47. The van der Waals surface area contributed by atoms with E-state index in [1.807, 2.05) is 36.7 Å². The Morgan fingerprint density at radius 2 is 1.82 bits per heavy atom. The van der Waals surface area contributed by atoms with Gasteiger partial charge in [-0.3, -0.25) is 9.36 Å². The standard InChI is InChI=1S/C29H37N9O2/c1-19(29(10-11-30-18-29)27(39)37-12-6-7-13-37)24-32-23-25(35(24)3)33-28(34-26(23)36-14-16-40-17-15-36)38-20(2)31-21-8-4-5-9-22(21)38/h4-5,8-9,19,30H,6-7,10-18H2,1-3H3. The summed E-state index contributed by atoms with van der Waals surface area (Å²) in [6.45, 7) is 10.1. The molecule has 11 heteroatoms. The summed E-state index contributed by atoms with van der Waals surface area (Å²) in [5.41, 5.74) is 2.89. The molecule has 0 radical (unpaired) electrons. The van der Waals surface area contributed by atoms with E-state index in [1.54, 1.807) is 0 Å². The maximum Gasteiger partial charge on any atom is 0.239 e. The second-order valence-electron chi connectivity index (χ2n) is 11.4. The Balaban J connectivity index is 1.39. The highest BCUT2D eigenvalue weighted by Gasteiger charge is 2.50. The molecule has 0 saturated carbocycles. The molecule has 0 aliphatic carbocycles. The first-order valence-corrected chi connectivity index (χ1v) is 14.5. The molecule has 3 fully saturated rings. The van der Waals surface area contributed by atoms with E-state index in [-0.39, 0.29) is 11.8 Å². The number of nitrogens with zero attached hydrogens (tertiary/aromatic N) is 8. The van der Waals surface area contributed by atoms with E-state index in [0.29, 0.717) is 25.7 Å². The van der Waals surface area contributed by atoms with Crippen molar-refractivity contribution >= 4 is 33.9 Å². The molecule has 11 nitrogen and oxygen atoms in total. The van der Waals surface area contributed by atoms with Gasteiger partial charge >= 0.3 is 0 Å². The van der Waals surface area contributed by atoms with Crippen LogP contribution in [0.25, 0.3) is 28.1 Å². The van der Waals surface area contributed by atoms with Gasteiger partial charge in [0.25, 0.3) is 0 Å². The first-order chi connectivity index (χ1) is 19.5. The number of imidazole rings is 2. The molecule has 6 heterocycles. The summed E-state index contributed by atoms with van der Waals surface area (Å²) in [5, 5.41) is 3.49. The minimum Gasteiger partial charge on any atom is -0.378 e. The number of para-hydroxylation sites is 2. The summed E-state index contributed by atoms with van der Waals surface area (Å²) < 4.78 is 9.77. The Labute approximate surface area is 233 Å². The number of carbonyl (C=O) groups is 1. The average molecular weight is 544 g/mol. The molecular formula is C29H37N9O2. The zero-order valence-electron chi connectivity index (χ0n) is 23.6. The number of carbonyl (C=O) groups excluding carboxylic acids is 1. The normalized spacial score (nSPS) is 22.6. The summed E-state index contributed by atoms with van der Waals surface area (Å²) >= 11 is 0. The van der Waals surface area contributed by atoms with Crippen molar-refractivity contribution in [2.75, 3.05) is 57.4 Å². The lowest BCUT2D eigenvalue weighted by molar-refractivity contribution is -0.141. The third kappa shape index (κ3) is 3.89. The lowest BCUT2D eigenvalue weighted by Gasteiger charge is -2.36. The number of morpholine rings is 1. The van der Waals surface area contributed by atoms with Gasteiger partial charge in [0, 0.05) is 45.7 Å². The van der Waals surface area contributed by atoms with Crippen LogP contribution in [-0.2, 0) is 16.6 Å². The number of fused-ring (bicyclic) bond motifs is 2. The zero-order valence-corrected chi connectivity index (χ0v) is 23.6. The molecule has 0 bridgehead atoms. The maximum absolute atomic E-state index is 14.0. The number of rotatable bonds is 5. The molecule has 1 amide bonds. The monoisotopic (exact) mass is 543 g/mol. The van der Waals surface area contributed by atoms with E-state index in [1.165, 1.54) is 0 Å². The van der Waals surface area contributed by atoms with Gasteiger partial charge in [-0.1, -0.05) is 19.1 Å². The van der Waals surface area contributed by atoms with Crippen LogP contribution < -0.4 is 10.2 Å². The lowest BCUT2D eigenvalue weighted by atomic mass is 9.73. The Morgan fingerprint density at radius 1 is 1.05 bits per heavy atom. The zero-order chi connectivity index (χ0) is 27.4.